The molecule has 654 valence electrons. The number of ketones is 2. The fourth-order valence-corrected chi connectivity index (χ4v) is 13.3. The Morgan fingerprint density at radius 3 is 1.62 bits per heavy atom. The van der Waals surface area contributed by atoms with Gasteiger partial charge in [-0.2, -0.15) is 0 Å². The van der Waals surface area contributed by atoms with Crippen LogP contribution < -0.4 is 92.1 Å². The van der Waals surface area contributed by atoms with E-state index in [1.54, 1.807) is 55.8 Å². The van der Waals surface area contributed by atoms with Gasteiger partial charge in [0.25, 0.3) is 0 Å². The minimum Gasteiger partial charge on any atom is -0.508 e. The van der Waals surface area contributed by atoms with E-state index < -0.39 is 192 Å². The molecule has 1 aliphatic heterocycles. The average Bonchev–Trinajstić information content (AvgIpc) is 0.988. The number of carboxylic acids is 1. The monoisotopic (exact) mass is 1670 g/mol. The smallest absolute Gasteiger partial charge is 0.305 e. The van der Waals surface area contributed by atoms with Crippen molar-refractivity contribution in [2.45, 2.75) is 224 Å². The Bertz CT molecular complexity index is 4300. The molecule has 120 heavy (non-hydrogen) atoms. The number of fused-ring (bicyclic) bond motifs is 1. The predicted molar refractivity (Wildman–Crippen MR) is 434 cm³/mol. The van der Waals surface area contributed by atoms with Crippen LogP contribution in [0.4, 0.5) is 0 Å². The maximum Gasteiger partial charge on any atom is 0.305 e. The summed E-state index contributed by atoms with van der Waals surface area (Å²) in [6.45, 7) is 9.75. The number of aryl methyl sites for hydroxylation is 2. The second-order valence-electron chi connectivity index (χ2n) is 30.5. The second-order valence-corrected chi connectivity index (χ2v) is 30.5. The van der Waals surface area contributed by atoms with Crippen molar-refractivity contribution < 1.29 is 92.0 Å². The Kier molecular flexibility index (Phi) is 38.4. The van der Waals surface area contributed by atoms with E-state index in [1.165, 1.54) is 82.4 Å². The minimum absolute atomic E-state index is 0.00261. The number of aromatic nitrogens is 3. The first-order chi connectivity index (χ1) is 56.6. The van der Waals surface area contributed by atoms with Crippen LogP contribution in [0.1, 0.15) is 154 Å². The third kappa shape index (κ3) is 32.7. The number of primary amides is 2. The lowest BCUT2D eigenvalue weighted by Crippen LogP contribution is -2.60. The molecule has 41 nitrogen and oxygen atoms in total. The van der Waals surface area contributed by atoms with Gasteiger partial charge >= 0.3 is 5.97 Å². The van der Waals surface area contributed by atoms with Crippen LogP contribution in [-0.4, -0.2) is 216 Å². The summed E-state index contributed by atoms with van der Waals surface area (Å²) in [5.41, 5.74) is 20.4. The van der Waals surface area contributed by atoms with E-state index in [-0.39, 0.29) is 132 Å². The lowest BCUT2D eigenvalue weighted by atomic mass is 9.79. The van der Waals surface area contributed by atoms with Crippen LogP contribution in [0.25, 0.3) is 0 Å². The number of hydrogen-bond acceptors (Lipinski definition) is 22. The van der Waals surface area contributed by atoms with Crippen LogP contribution in [0.5, 0.6) is 11.5 Å². The number of amides is 13. The summed E-state index contributed by atoms with van der Waals surface area (Å²) in [5, 5.41) is 86.7. The molecular formula is C79H114N22O19. The molecule has 3 aromatic carbocycles. The third-order valence-electron chi connectivity index (χ3n) is 20.3. The number of nitrogens with one attached hydrogen (secondary N) is 15. The second kappa shape index (κ2) is 47.3. The highest BCUT2D eigenvalue weighted by atomic mass is 16.4. The van der Waals surface area contributed by atoms with Crippen molar-refractivity contribution in [1.29, 1.82) is 10.8 Å². The molecule has 4 unspecified atom stereocenters. The van der Waals surface area contributed by atoms with Crippen molar-refractivity contribution >= 4 is 106 Å². The van der Waals surface area contributed by atoms with E-state index in [4.69, 9.17) is 33.8 Å². The van der Waals surface area contributed by atoms with Gasteiger partial charge in [-0.3, -0.25) is 87.5 Å². The number of rotatable bonds is 40. The lowest BCUT2D eigenvalue weighted by molar-refractivity contribution is -0.142. The number of hydrogen-bond donors (Lipinski definition) is 22. The highest BCUT2D eigenvalue weighted by Gasteiger charge is 2.43. The van der Waals surface area contributed by atoms with E-state index in [0.717, 1.165) is 0 Å². The molecule has 1 aromatic heterocycles. The molecule has 13 amide bonds. The molecule has 0 fully saturated rings. The minimum atomic E-state index is -2.02. The van der Waals surface area contributed by atoms with Gasteiger partial charge in [0.2, 0.25) is 76.8 Å². The number of phenols is 2. The molecule has 0 spiro atoms. The molecule has 5 rings (SSSR count). The van der Waals surface area contributed by atoms with Crippen LogP contribution in [0.2, 0.25) is 0 Å². The molecule has 26 N–H and O–H groups in total. The zero-order valence-corrected chi connectivity index (χ0v) is 68.3. The Morgan fingerprint density at radius 1 is 0.600 bits per heavy atom. The van der Waals surface area contributed by atoms with E-state index in [0.29, 0.717) is 28.8 Å². The van der Waals surface area contributed by atoms with Gasteiger partial charge < -0.3 is 107 Å². The lowest BCUT2D eigenvalue weighted by Gasteiger charge is -2.33. The summed E-state index contributed by atoms with van der Waals surface area (Å²) in [4.78, 5) is 223. The summed E-state index contributed by atoms with van der Waals surface area (Å²) in [6.07, 6.45) is -1.31. The molecule has 0 bridgehead atoms. The van der Waals surface area contributed by atoms with Crippen molar-refractivity contribution in [3.05, 3.63) is 107 Å². The Hall–Kier alpha value is -13.1. The molecule has 2 heterocycles. The number of carbonyl (C=O) groups excluding carboxylic acids is 15. The maximum atomic E-state index is 15.4. The SMILES string of the molecule is CC[C@H](C)[C@@H]1NC(=O)[C@@](C)(CC(C)=O)CCCn2nncc2CCC[C@@](C)(C(=O)C[C@@H](Cc2ccccc2)C(=O)NC(CC(N)=O)C(=O)N[C@@H](C)C(=O)NC(Cc2ccc(O)cc2)C(=O)N[C@@H](Cc2ccc(O)cc2)C(=O)NC(C)C(=O)N[C@@H](CCCNC(=N)N)C(=O)NC(CCCNC(=N)N)C(N)=O)NC(=O)[C@H](CC(=O)O)NC(=O)CNC1=O. The average molecular weight is 1680 g/mol. The van der Waals surface area contributed by atoms with E-state index >= 15 is 9.59 Å². The number of nitrogens with zero attached hydrogens (tertiary/aromatic N) is 3. The van der Waals surface area contributed by atoms with Crippen LogP contribution in [0, 0.1) is 28.1 Å². The molecule has 41 heteroatoms. The van der Waals surface area contributed by atoms with Crippen molar-refractivity contribution in [3.8, 4) is 11.5 Å². The normalized spacial score (nSPS) is 19.0. The molecule has 4 aromatic rings. The zero-order chi connectivity index (χ0) is 89.1. The topological polar surface area (TPSA) is 673 Å². The Balaban J connectivity index is 1.44. The fourth-order valence-electron chi connectivity index (χ4n) is 13.3. The van der Waals surface area contributed by atoms with Gasteiger partial charge in [0.15, 0.2) is 17.7 Å². The summed E-state index contributed by atoms with van der Waals surface area (Å²) in [6, 6.07) is 5.10. The Labute approximate surface area is 693 Å². The van der Waals surface area contributed by atoms with Crippen LogP contribution >= 0.6 is 0 Å². The van der Waals surface area contributed by atoms with Crippen LogP contribution in [0.3, 0.4) is 0 Å². The first-order valence-electron chi connectivity index (χ1n) is 39.4. The van der Waals surface area contributed by atoms with Gasteiger partial charge in [0.05, 0.1) is 42.2 Å². The highest BCUT2D eigenvalue weighted by molar-refractivity contribution is 6.02. The summed E-state index contributed by atoms with van der Waals surface area (Å²) in [7, 11) is 0. The number of carboxylic acid groups (broad SMARTS) is 1. The molecular weight excluding hydrogens is 1560 g/mol. The zero-order valence-electron chi connectivity index (χ0n) is 68.3. The predicted octanol–water partition coefficient (Wildman–Crippen LogP) is -3.10. The first kappa shape index (κ1) is 97.4. The maximum absolute atomic E-state index is 15.4. The molecule has 0 radical (unpaired) electrons. The summed E-state index contributed by atoms with van der Waals surface area (Å²) < 4.78 is 1.56. The van der Waals surface area contributed by atoms with Crippen molar-refractivity contribution in [2.24, 2.45) is 40.2 Å². The van der Waals surface area contributed by atoms with Crippen molar-refractivity contribution in [1.82, 2.24) is 84.1 Å². The number of nitrogens with two attached hydrogens (primary N) is 4. The number of aliphatic carboxylic acids is 1. The molecule has 0 saturated carbocycles. The number of aromatic hydroxyl groups is 2. The third-order valence-corrected chi connectivity index (χ3v) is 20.3. The number of benzene rings is 3. The summed E-state index contributed by atoms with van der Waals surface area (Å²) >= 11 is 0. The van der Waals surface area contributed by atoms with Crippen molar-refractivity contribution in [3.63, 3.8) is 0 Å². The van der Waals surface area contributed by atoms with Crippen molar-refractivity contribution in [2.75, 3.05) is 19.6 Å². The van der Waals surface area contributed by atoms with E-state index in [9.17, 15) is 82.4 Å². The first-order valence-corrected chi connectivity index (χ1v) is 39.4. The molecule has 0 aliphatic carbocycles. The van der Waals surface area contributed by atoms with E-state index in [1.807, 2.05) is 0 Å². The number of phenolic OH excluding ortho intramolecular Hbond substituents is 2. The van der Waals surface area contributed by atoms with Crippen LogP contribution in [-0.2, 0) is 109 Å². The Morgan fingerprint density at radius 2 is 1.10 bits per heavy atom. The summed E-state index contributed by atoms with van der Waals surface area (Å²) in [5.74, 6) is -18.5. The number of carbonyl (C=O) groups is 16. The molecule has 0 saturated heterocycles. The highest BCUT2D eigenvalue weighted by Crippen LogP contribution is 2.31. The number of guanidine groups is 2. The van der Waals surface area contributed by atoms with Gasteiger partial charge in [-0.05, 0) is 139 Å². The largest absolute Gasteiger partial charge is 0.508 e. The van der Waals surface area contributed by atoms with Gasteiger partial charge in [0.1, 0.15) is 71.7 Å². The quantitative estimate of drug-likeness (QED) is 0.0119. The fraction of sp³-hybridized carbons (Fsp3) is 0.519. The number of Topliss-reactive ketones (excluding diaryl/α,β-unsaturated/α-hetero) is 2. The van der Waals surface area contributed by atoms with Crippen LogP contribution in [0.15, 0.2) is 85.1 Å². The molecule has 13 atom stereocenters. The molecule has 1 aliphatic rings. The standard InChI is InChI=1S/C79H114N22O19/c1-8-43(2)64-74(119)88-42-62(107)92-59(39-63(108)109)73(118)99-79(7,30-12-18-51-41-89-100-101(51)33-15-29-78(6,40-44(3)102)75(120)98-64)60(105)37-50(34-47-16-10-9-11-17-47)68(113)96-58(38-61(80)106)71(116)91-46(5)67(112)95-57(36-49-23-27-53(104)28-24-49)72(117)97-56(35-48-21-25-52(103)26-22-48)70(115)90-45(4)66(111)94-55(20-14-32-87-77(84)85)69(114)93-54(65(81)110)19-13-31-86-76(82)83/h9-11,16-17,21-28,41,43,45-46,50,54-59,64,103-104H,8,12-15,18-20,29-40,42H2,1-7H3,(H2,80,106)(H2,81,110)(H,88,119)(H,90,115)(H,91,116)(H,92,107)(H,93,114)(H,94,111)(H,95,112)(H,96,113)(H,97,117)(H,98,120)(H,99,118)(H,108,109)(H4,82,83,86)(H4,84,85,87)/t43-,45?,46-,50+,54?,55-,56-,57?,58?,59-,64-,78+,79-/m0/s1. The van der Waals surface area contributed by atoms with Gasteiger partial charge in [0, 0.05) is 51.2 Å². The van der Waals surface area contributed by atoms with Gasteiger partial charge in [-0.15, -0.1) is 5.10 Å². The van der Waals surface area contributed by atoms with Gasteiger partial charge in [-0.25, -0.2) is 4.68 Å². The van der Waals surface area contributed by atoms with E-state index in [2.05, 4.69) is 79.4 Å². The van der Waals surface area contributed by atoms with Gasteiger partial charge in [-0.1, -0.05) is 87.0 Å².